The molecule has 1 aliphatic heterocycles. The molecule has 0 aromatic rings. The third-order valence-electron chi connectivity index (χ3n) is 4.43. The standard InChI is InChI=1S/C16H31NO2/c1-14(2)17-13-16(9-5-3-4-6-10-16)19-15-7-11-18-12-8-15/h14-15,17H,3-13H2,1-2H3. The highest BCUT2D eigenvalue weighted by Gasteiger charge is 2.34. The molecule has 1 saturated carbocycles. The van der Waals surface area contributed by atoms with Gasteiger partial charge in [0, 0.05) is 25.8 Å². The van der Waals surface area contributed by atoms with Gasteiger partial charge in [0.15, 0.2) is 0 Å². The van der Waals surface area contributed by atoms with Gasteiger partial charge in [0.25, 0.3) is 0 Å². The molecule has 0 atom stereocenters. The Bertz CT molecular complexity index is 241. The molecule has 1 N–H and O–H groups in total. The van der Waals surface area contributed by atoms with E-state index in [4.69, 9.17) is 9.47 Å². The van der Waals surface area contributed by atoms with E-state index < -0.39 is 0 Å². The Morgan fingerprint density at radius 3 is 2.32 bits per heavy atom. The maximum absolute atomic E-state index is 6.61. The average molecular weight is 269 g/mol. The smallest absolute Gasteiger partial charge is 0.0810 e. The Balaban J connectivity index is 1.94. The Kier molecular flexibility index (Phi) is 6.11. The van der Waals surface area contributed by atoms with Crippen molar-refractivity contribution in [3.05, 3.63) is 0 Å². The molecule has 0 amide bonds. The lowest BCUT2D eigenvalue weighted by Crippen LogP contribution is -2.47. The maximum atomic E-state index is 6.61. The number of ether oxygens (including phenoxy) is 2. The first-order valence-corrected chi connectivity index (χ1v) is 8.19. The zero-order valence-electron chi connectivity index (χ0n) is 12.7. The molecule has 0 spiro atoms. The van der Waals surface area contributed by atoms with E-state index in [1.807, 2.05) is 0 Å². The van der Waals surface area contributed by atoms with Gasteiger partial charge in [0.2, 0.25) is 0 Å². The van der Waals surface area contributed by atoms with Gasteiger partial charge in [-0.05, 0) is 25.7 Å². The second-order valence-electron chi connectivity index (χ2n) is 6.56. The van der Waals surface area contributed by atoms with Crippen LogP contribution in [-0.4, -0.2) is 37.5 Å². The van der Waals surface area contributed by atoms with Crippen molar-refractivity contribution < 1.29 is 9.47 Å². The molecule has 1 aliphatic carbocycles. The van der Waals surface area contributed by atoms with E-state index in [1.165, 1.54) is 38.5 Å². The van der Waals surface area contributed by atoms with Gasteiger partial charge < -0.3 is 14.8 Å². The van der Waals surface area contributed by atoms with Crippen molar-refractivity contribution in [1.82, 2.24) is 5.32 Å². The molecule has 3 heteroatoms. The van der Waals surface area contributed by atoms with E-state index in [9.17, 15) is 0 Å². The quantitative estimate of drug-likeness (QED) is 0.777. The molecule has 112 valence electrons. The summed E-state index contributed by atoms with van der Waals surface area (Å²) in [6, 6.07) is 0.540. The molecule has 0 aromatic heterocycles. The Labute approximate surface area is 118 Å². The molecule has 0 radical (unpaired) electrons. The van der Waals surface area contributed by atoms with E-state index in [1.54, 1.807) is 0 Å². The molecule has 2 aliphatic rings. The highest BCUT2D eigenvalue weighted by atomic mass is 16.5. The highest BCUT2D eigenvalue weighted by Crippen LogP contribution is 2.33. The van der Waals surface area contributed by atoms with Crippen molar-refractivity contribution in [2.45, 2.75) is 83.0 Å². The molecule has 3 nitrogen and oxygen atoms in total. The number of hydrogen-bond donors (Lipinski definition) is 1. The number of nitrogens with one attached hydrogen (secondary N) is 1. The Morgan fingerprint density at radius 1 is 1.11 bits per heavy atom. The maximum Gasteiger partial charge on any atom is 0.0810 e. The predicted molar refractivity (Wildman–Crippen MR) is 78.5 cm³/mol. The van der Waals surface area contributed by atoms with Gasteiger partial charge in [-0.3, -0.25) is 0 Å². The van der Waals surface area contributed by atoms with Gasteiger partial charge in [-0.15, -0.1) is 0 Å². The van der Waals surface area contributed by atoms with Crippen molar-refractivity contribution in [2.24, 2.45) is 0 Å². The minimum absolute atomic E-state index is 0.0861. The number of hydrogen-bond acceptors (Lipinski definition) is 3. The van der Waals surface area contributed by atoms with Crippen LogP contribution in [0.3, 0.4) is 0 Å². The summed E-state index contributed by atoms with van der Waals surface area (Å²) < 4.78 is 12.1. The minimum Gasteiger partial charge on any atom is -0.381 e. The van der Waals surface area contributed by atoms with Crippen LogP contribution in [0.2, 0.25) is 0 Å². The molecule has 0 unspecified atom stereocenters. The predicted octanol–water partition coefficient (Wildman–Crippen LogP) is 3.27. The Morgan fingerprint density at radius 2 is 1.74 bits per heavy atom. The Hall–Kier alpha value is -0.120. The second-order valence-corrected chi connectivity index (χ2v) is 6.56. The van der Waals surface area contributed by atoms with Crippen molar-refractivity contribution in [3.63, 3.8) is 0 Å². The van der Waals surface area contributed by atoms with E-state index >= 15 is 0 Å². The first-order valence-electron chi connectivity index (χ1n) is 8.19. The lowest BCUT2D eigenvalue weighted by Gasteiger charge is -2.39. The summed E-state index contributed by atoms with van der Waals surface area (Å²) in [5, 5.41) is 3.62. The van der Waals surface area contributed by atoms with Crippen molar-refractivity contribution >= 4 is 0 Å². The zero-order valence-corrected chi connectivity index (χ0v) is 12.7. The molecule has 0 aromatic carbocycles. The van der Waals surface area contributed by atoms with Crippen molar-refractivity contribution in [3.8, 4) is 0 Å². The minimum atomic E-state index is 0.0861. The van der Waals surface area contributed by atoms with E-state index in [0.717, 1.165) is 32.6 Å². The van der Waals surface area contributed by atoms with Crippen LogP contribution in [0.1, 0.15) is 65.2 Å². The second kappa shape index (κ2) is 7.61. The van der Waals surface area contributed by atoms with Crippen LogP contribution in [0.25, 0.3) is 0 Å². The normalized spacial score (nSPS) is 25.4. The van der Waals surface area contributed by atoms with E-state index in [0.29, 0.717) is 12.1 Å². The van der Waals surface area contributed by atoms with Gasteiger partial charge in [-0.2, -0.15) is 0 Å². The van der Waals surface area contributed by atoms with Gasteiger partial charge in [0.05, 0.1) is 11.7 Å². The van der Waals surface area contributed by atoms with Crippen LogP contribution in [-0.2, 0) is 9.47 Å². The third-order valence-corrected chi connectivity index (χ3v) is 4.43. The molecular weight excluding hydrogens is 238 g/mol. The van der Waals surface area contributed by atoms with E-state index in [-0.39, 0.29) is 5.60 Å². The van der Waals surface area contributed by atoms with Crippen LogP contribution < -0.4 is 5.32 Å². The first kappa shape index (κ1) is 15.3. The zero-order chi connectivity index (χ0) is 13.6. The average Bonchev–Trinajstić information content (AvgIpc) is 2.64. The summed E-state index contributed by atoms with van der Waals surface area (Å²) >= 11 is 0. The monoisotopic (exact) mass is 269 g/mol. The summed E-state index contributed by atoms with van der Waals surface area (Å²) in [6.07, 6.45) is 10.4. The van der Waals surface area contributed by atoms with Crippen molar-refractivity contribution in [1.29, 1.82) is 0 Å². The summed E-state index contributed by atoms with van der Waals surface area (Å²) in [6.45, 7) is 7.20. The SMILES string of the molecule is CC(C)NCC1(OC2CCOCC2)CCCCCC1. The van der Waals surface area contributed by atoms with Crippen LogP contribution in [0.15, 0.2) is 0 Å². The fraction of sp³-hybridized carbons (Fsp3) is 1.00. The fourth-order valence-electron chi connectivity index (χ4n) is 3.25. The van der Waals surface area contributed by atoms with Gasteiger partial charge in [-0.25, -0.2) is 0 Å². The van der Waals surface area contributed by atoms with Crippen LogP contribution in [0, 0.1) is 0 Å². The molecule has 19 heavy (non-hydrogen) atoms. The fourth-order valence-corrected chi connectivity index (χ4v) is 3.25. The number of rotatable bonds is 5. The third kappa shape index (κ3) is 5.05. The summed E-state index contributed by atoms with van der Waals surface area (Å²) in [7, 11) is 0. The molecule has 0 bridgehead atoms. The van der Waals surface area contributed by atoms with Gasteiger partial charge in [0.1, 0.15) is 0 Å². The summed E-state index contributed by atoms with van der Waals surface area (Å²) in [5.74, 6) is 0. The molecular formula is C16H31NO2. The highest BCUT2D eigenvalue weighted by molar-refractivity contribution is 4.88. The van der Waals surface area contributed by atoms with Gasteiger partial charge >= 0.3 is 0 Å². The van der Waals surface area contributed by atoms with Crippen LogP contribution in [0.4, 0.5) is 0 Å². The molecule has 2 rings (SSSR count). The lowest BCUT2D eigenvalue weighted by molar-refractivity contribution is -0.131. The first-order chi connectivity index (χ1) is 9.20. The summed E-state index contributed by atoms with van der Waals surface area (Å²) in [4.78, 5) is 0. The van der Waals surface area contributed by atoms with Crippen molar-refractivity contribution in [2.75, 3.05) is 19.8 Å². The largest absolute Gasteiger partial charge is 0.381 e. The topological polar surface area (TPSA) is 30.5 Å². The molecule has 1 saturated heterocycles. The summed E-state index contributed by atoms with van der Waals surface area (Å²) in [5.41, 5.74) is 0.0861. The van der Waals surface area contributed by atoms with Crippen LogP contribution in [0.5, 0.6) is 0 Å². The molecule has 2 fully saturated rings. The lowest BCUT2D eigenvalue weighted by atomic mass is 9.92. The van der Waals surface area contributed by atoms with E-state index in [2.05, 4.69) is 19.2 Å². The van der Waals surface area contributed by atoms with Gasteiger partial charge in [-0.1, -0.05) is 39.5 Å². The van der Waals surface area contributed by atoms with Crippen LogP contribution >= 0.6 is 0 Å². The molecule has 1 heterocycles.